The molecular formula is C30H56N6O6S. The van der Waals surface area contributed by atoms with E-state index in [1.54, 1.807) is 0 Å². The number of ether oxygens (including phenoxy) is 3. The molecule has 3 rings (SSSR count). The van der Waals surface area contributed by atoms with E-state index in [0.717, 1.165) is 18.6 Å². The summed E-state index contributed by atoms with van der Waals surface area (Å²) in [6.45, 7) is 11.0. The molecule has 2 saturated heterocycles. The zero-order valence-electron chi connectivity index (χ0n) is 26.4. The Hall–Kier alpha value is -2.32. The van der Waals surface area contributed by atoms with Crippen LogP contribution in [0.25, 0.3) is 0 Å². The van der Waals surface area contributed by atoms with E-state index in [-0.39, 0.29) is 11.9 Å². The maximum Gasteiger partial charge on any atom is 0.315 e. The van der Waals surface area contributed by atoms with Crippen molar-refractivity contribution in [2.45, 2.75) is 89.2 Å². The van der Waals surface area contributed by atoms with Gasteiger partial charge in [-0.1, -0.05) is 40.0 Å². The predicted octanol–water partition coefficient (Wildman–Crippen LogP) is 2.27. The monoisotopic (exact) mass is 628 g/mol. The molecule has 2 aliphatic heterocycles. The summed E-state index contributed by atoms with van der Waals surface area (Å²) in [6, 6.07) is 4.04. The van der Waals surface area contributed by atoms with Crippen LogP contribution in [-0.4, -0.2) is 105 Å². The van der Waals surface area contributed by atoms with Gasteiger partial charge in [0.2, 0.25) is 12.3 Å². The summed E-state index contributed by atoms with van der Waals surface area (Å²) < 4.78 is 18.0. The van der Waals surface area contributed by atoms with Crippen molar-refractivity contribution < 1.29 is 28.6 Å². The molecule has 2 fully saturated rings. The SMILES string of the molecule is CC.CCCCCC1SCC2NC(=O)NC21.NC(Cn1cccc1)C(=O)NCCCOCCOCCOCCCNC=O. The van der Waals surface area contributed by atoms with Crippen LogP contribution in [0, 0.1) is 0 Å². The first-order chi connectivity index (χ1) is 21.0. The second-order valence-electron chi connectivity index (χ2n) is 10.0. The Balaban J connectivity index is 0.000000479. The van der Waals surface area contributed by atoms with Crippen LogP contribution in [0.5, 0.6) is 0 Å². The molecule has 248 valence electrons. The number of rotatable bonds is 22. The van der Waals surface area contributed by atoms with Gasteiger partial charge >= 0.3 is 6.03 Å². The Morgan fingerprint density at radius 3 is 2.28 bits per heavy atom. The first-order valence-corrected chi connectivity index (χ1v) is 16.8. The third kappa shape index (κ3) is 18.2. The Labute approximate surface area is 262 Å². The van der Waals surface area contributed by atoms with Crippen LogP contribution in [0.1, 0.15) is 59.3 Å². The fourth-order valence-corrected chi connectivity index (χ4v) is 5.98. The lowest BCUT2D eigenvalue weighted by Gasteiger charge is -2.16. The molecule has 0 aliphatic carbocycles. The minimum Gasteiger partial charge on any atom is -0.379 e. The summed E-state index contributed by atoms with van der Waals surface area (Å²) in [4.78, 5) is 33.0. The van der Waals surface area contributed by atoms with E-state index in [4.69, 9.17) is 19.9 Å². The van der Waals surface area contributed by atoms with Gasteiger partial charge in [-0.15, -0.1) is 0 Å². The predicted molar refractivity (Wildman–Crippen MR) is 172 cm³/mol. The molecule has 43 heavy (non-hydrogen) atoms. The second kappa shape index (κ2) is 26.1. The molecule has 6 N–H and O–H groups in total. The van der Waals surface area contributed by atoms with Crippen LogP contribution in [0.3, 0.4) is 0 Å². The Morgan fingerprint density at radius 2 is 1.65 bits per heavy atom. The van der Waals surface area contributed by atoms with Gasteiger partial charge in [0.1, 0.15) is 6.04 Å². The second-order valence-corrected chi connectivity index (χ2v) is 11.3. The first-order valence-electron chi connectivity index (χ1n) is 15.8. The average Bonchev–Trinajstić information content (AvgIpc) is 3.75. The van der Waals surface area contributed by atoms with Crippen molar-refractivity contribution in [1.29, 1.82) is 0 Å². The number of hydrogen-bond acceptors (Lipinski definition) is 8. The van der Waals surface area contributed by atoms with Crippen LogP contribution in [-0.2, 0) is 30.3 Å². The van der Waals surface area contributed by atoms with Crippen LogP contribution >= 0.6 is 11.8 Å². The molecule has 4 amide bonds. The zero-order chi connectivity index (χ0) is 31.5. The fraction of sp³-hybridized carbons (Fsp3) is 0.767. The maximum atomic E-state index is 11.9. The standard InChI is InChI=1S/C18H32N4O5.C10H18N2OS.C2H6/c19-17(15-22-7-1-2-8-22)18(24)21-6-4-10-26-12-14-27-13-11-25-9-3-5-20-16-23;1-2-3-4-5-8-9-7(6-14-8)11-10(13)12-9;1-2/h1-2,7-8,16-17H,3-6,9-15,19H2,(H,20,23)(H,21,24);7-9H,2-6H2,1H3,(H2,11,12,13);1-2H3. The molecular weight excluding hydrogens is 572 g/mol. The summed E-state index contributed by atoms with van der Waals surface area (Å²) in [5.41, 5.74) is 5.86. The zero-order valence-corrected chi connectivity index (χ0v) is 27.2. The minimum atomic E-state index is -0.560. The third-order valence-corrected chi connectivity index (χ3v) is 8.15. The third-order valence-electron chi connectivity index (χ3n) is 6.64. The molecule has 1 aromatic heterocycles. The van der Waals surface area contributed by atoms with Crippen LogP contribution in [0.4, 0.5) is 4.79 Å². The maximum absolute atomic E-state index is 11.9. The van der Waals surface area contributed by atoms with Gasteiger partial charge < -0.3 is 45.8 Å². The Bertz CT molecular complexity index is 834. The number of unbranched alkanes of at least 4 members (excludes halogenated alkanes) is 2. The number of aromatic nitrogens is 1. The van der Waals surface area contributed by atoms with Crippen molar-refractivity contribution in [2.75, 3.05) is 58.5 Å². The smallest absolute Gasteiger partial charge is 0.315 e. The number of nitrogens with zero attached hydrogens (tertiary/aromatic N) is 1. The molecule has 2 aliphatic rings. The highest BCUT2D eigenvalue weighted by atomic mass is 32.2. The Morgan fingerprint density at radius 1 is 1.02 bits per heavy atom. The quantitative estimate of drug-likeness (QED) is 0.0744. The number of urea groups is 1. The summed E-state index contributed by atoms with van der Waals surface area (Å²) in [5.74, 6) is 0.925. The lowest BCUT2D eigenvalue weighted by Crippen LogP contribution is -2.43. The molecule has 3 heterocycles. The highest BCUT2D eigenvalue weighted by molar-refractivity contribution is 8.00. The van der Waals surface area contributed by atoms with Gasteiger partial charge in [0.15, 0.2) is 0 Å². The van der Waals surface area contributed by atoms with Gasteiger partial charge in [0.25, 0.3) is 0 Å². The lowest BCUT2D eigenvalue weighted by atomic mass is 10.0. The molecule has 1 aromatic rings. The molecule has 0 spiro atoms. The number of carbonyl (C=O) groups excluding carboxylic acids is 3. The molecule has 4 unspecified atom stereocenters. The van der Waals surface area contributed by atoms with Gasteiger partial charge in [-0.25, -0.2) is 4.79 Å². The molecule has 0 aromatic carbocycles. The number of thioether (sulfide) groups is 1. The van der Waals surface area contributed by atoms with E-state index < -0.39 is 6.04 Å². The summed E-state index contributed by atoms with van der Waals surface area (Å²) >= 11 is 2.01. The number of hydrogen-bond donors (Lipinski definition) is 5. The van der Waals surface area contributed by atoms with E-state index in [0.29, 0.717) is 83.0 Å². The number of amides is 4. The number of nitrogens with one attached hydrogen (secondary N) is 4. The minimum absolute atomic E-state index is 0.0285. The van der Waals surface area contributed by atoms with Crippen LogP contribution in [0.15, 0.2) is 24.5 Å². The average molecular weight is 629 g/mol. The summed E-state index contributed by atoms with van der Waals surface area (Å²) in [5, 5.41) is 12.0. The molecule has 0 radical (unpaired) electrons. The molecule has 13 heteroatoms. The highest BCUT2D eigenvalue weighted by Crippen LogP contribution is 2.33. The topological polar surface area (TPSA) is 158 Å². The molecule has 12 nitrogen and oxygen atoms in total. The molecule has 0 saturated carbocycles. The van der Waals surface area contributed by atoms with E-state index in [1.165, 1.54) is 25.7 Å². The molecule has 0 bridgehead atoms. The van der Waals surface area contributed by atoms with Gasteiger partial charge in [-0.05, 0) is 31.4 Å². The lowest BCUT2D eigenvalue weighted by molar-refractivity contribution is -0.122. The van der Waals surface area contributed by atoms with Gasteiger partial charge in [-0.2, -0.15) is 11.8 Å². The highest BCUT2D eigenvalue weighted by Gasteiger charge is 2.42. The Kier molecular flexibility index (Phi) is 23.5. The van der Waals surface area contributed by atoms with Crippen molar-refractivity contribution in [3.8, 4) is 0 Å². The van der Waals surface area contributed by atoms with Gasteiger partial charge in [0.05, 0.1) is 38.5 Å². The first kappa shape index (κ1) is 38.7. The summed E-state index contributed by atoms with van der Waals surface area (Å²) in [6.07, 6.45) is 11.1. The van der Waals surface area contributed by atoms with Crippen LogP contribution in [0.2, 0.25) is 0 Å². The van der Waals surface area contributed by atoms with Crippen molar-refractivity contribution in [3.63, 3.8) is 0 Å². The van der Waals surface area contributed by atoms with Crippen molar-refractivity contribution >= 4 is 30.1 Å². The van der Waals surface area contributed by atoms with Gasteiger partial charge in [-0.3, -0.25) is 9.59 Å². The summed E-state index contributed by atoms with van der Waals surface area (Å²) in [7, 11) is 0. The normalized spacial score (nSPS) is 19.1. The molecule has 4 atom stereocenters. The number of carbonyl (C=O) groups is 3. The fourth-order valence-electron chi connectivity index (χ4n) is 4.43. The van der Waals surface area contributed by atoms with Crippen molar-refractivity contribution in [1.82, 2.24) is 25.8 Å². The van der Waals surface area contributed by atoms with Gasteiger partial charge in [0, 0.05) is 56.2 Å². The van der Waals surface area contributed by atoms with E-state index >= 15 is 0 Å². The van der Waals surface area contributed by atoms with Crippen LogP contribution < -0.4 is 27.0 Å². The largest absolute Gasteiger partial charge is 0.379 e. The van der Waals surface area contributed by atoms with E-state index in [2.05, 4.69) is 28.2 Å². The van der Waals surface area contributed by atoms with E-state index in [1.807, 2.05) is 54.7 Å². The van der Waals surface area contributed by atoms with E-state index in [9.17, 15) is 14.4 Å². The van der Waals surface area contributed by atoms with Crippen molar-refractivity contribution in [3.05, 3.63) is 24.5 Å². The number of fused-ring (bicyclic) bond motifs is 1. The van der Waals surface area contributed by atoms with Crippen molar-refractivity contribution in [2.24, 2.45) is 5.73 Å². The number of nitrogens with two attached hydrogens (primary N) is 1.